The highest BCUT2D eigenvalue weighted by molar-refractivity contribution is 9.10. The van der Waals surface area contributed by atoms with E-state index in [4.69, 9.17) is 14.6 Å². The molecule has 2 rings (SSSR count). The maximum Gasteiger partial charge on any atom is 0.335 e. The number of hydrogen-bond acceptors (Lipinski definition) is 3. The van der Waals surface area contributed by atoms with Gasteiger partial charge in [0.1, 0.15) is 5.75 Å². The summed E-state index contributed by atoms with van der Waals surface area (Å²) in [4.78, 5) is 10.9. The van der Waals surface area contributed by atoms with E-state index >= 15 is 0 Å². The number of aromatic carboxylic acids is 1. The van der Waals surface area contributed by atoms with Crippen molar-refractivity contribution in [1.82, 2.24) is 0 Å². The molecule has 0 amide bonds. The summed E-state index contributed by atoms with van der Waals surface area (Å²) < 4.78 is 11.8. The van der Waals surface area contributed by atoms with E-state index in [2.05, 4.69) is 15.9 Å². The van der Waals surface area contributed by atoms with E-state index in [1.807, 2.05) is 0 Å². The van der Waals surface area contributed by atoms with Crippen molar-refractivity contribution in [2.75, 3.05) is 19.8 Å². The molecular formula is C13H15BrO4. The summed E-state index contributed by atoms with van der Waals surface area (Å²) in [5, 5.41) is 8.93. The summed E-state index contributed by atoms with van der Waals surface area (Å²) in [5.41, 5.74) is 0.236. The quantitative estimate of drug-likeness (QED) is 0.928. The van der Waals surface area contributed by atoms with Crippen molar-refractivity contribution < 1.29 is 19.4 Å². The third-order valence-electron chi connectivity index (χ3n) is 2.99. The fourth-order valence-corrected chi connectivity index (χ4v) is 2.23. The van der Waals surface area contributed by atoms with Crippen LogP contribution < -0.4 is 4.74 Å². The molecule has 1 saturated heterocycles. The number of carboxylic acids is 1. The average Bonchev–Trinajstić information content (AvgIpc) is 2.38. The van der Waals surface area contributed by atoms with Crippen molar-refractivity contribution >= 4 is 21.9 Å². The highest BCUT2D eigenvalue weighted by atomic mass is 79.9. The van der Waals surface area contributed by atoms with Crippen LogP contribution in [0.4, 0.5) is 0 Å². The smallest absolute Gasteiger partial charge is 0.335 e. The number of hydrogen-bond donors (Lipinski definition) is 1. The van der Waals surface area contributed by atoms with Gasteiger partial charge in [-0.15, -0.1) is 0 Å². The number of benzene rings is 1. The molecular weight excluding hydrogens is 300 g/mol. The van der Waals surface area contributed by atoms with Crippen molar-refractivity contribution in [3.05, 3.63) is 28.2 Å². The Morgan fingerprint density at radius 3 is 2.83 bits per heavy atom. The third-order valence-corrected chi connectivity index (χ3v) is 3.65. The van der Waals surface area contributed by atoms with E-state index in [0.29, 0.717) is 18.3 Å². The molecule has 1 aromatic rings. The van der Waals surface area contributed by atoms with Crippen molar-refractivity contribution in [2.45, 2.75) is 12.8 Å². The molecule has 0 bridgehead atoms. The van der Waals surface area contributed by atoms with Crippen molar-refractivity contribution in [3.8, 4) is 5.75 Å². The predicted molar refractivity (Wildman–Crippen MR) is 70.1 cm³/mol. The molecule has 0 aliphatic carbocycles. The van der Waals surface area contributed by atoms with Gasteiger partial charge in [-0.3, -0.25) is 0 Å². The second-order valence-electron chi connectivity index (χ2n) is 4.32. The highest BCUT2D eigenvalue weighted by Crippen LogP contribution is 2.27. The van der Waals surface area contributed by atoms with Crippen LogP contribution in [0.25, 0.3) is 0 Å². The minimum absolute atomic E-state index is 0.236. The molecule has 0 saturated carbocycles. The van der Waals surface area contributed by atoms with Gasteiger partial charge in [-0.25, -0.2) is 4.79 Å². The fourth-order valence-electron chi connectivity index (χ4n) is 1.87. The van der Waals surface area contributed by atoms with Gasteiger partial charge in [0.2, 0.25) is 0 Å². The van der Waals surface area contributed by atoms with E-state index in [1.165, 1.54) is 0 Å². The van der Waals surface area contributed by atoms with Crippen LogP contribution in [0.2, 0.25) is 0 Å². The van der Waals surface area contributed by atoms with Crippen molar-refractivity contribution in [1.29, 1.82) is 0 Å². The van der Waals surface area contributed by atoms with E-state index in [9.17, 15) is 4.79 Å². The monoisotopic (exact) mass is 314 g/mol. The molecule has 0 atom stereocenters. The molecule has 0 unspecified atom stereocenters. The largest absolute Gasteiger partial charge is 0.492 e. The van der Waals surface area contributed by atoms with Crippen LogP contribution in [0.5, 0.6) is 5.75 Å². The number of rotatable bonds is 4. The zero-order valence-electron chi connectivity index (χ0n) is 9.89. The molecule has 5 heteroatoms. The molecule has 1 aromatic carbocycles. The maximum atomic E-state index is 10.9. The summed E-state index contributed by atoms with van der Waals surface area (Å²) in [5.74, 6) is 0.124. The lowest BCUT2D eigenvalue weighted by molar-refractivity contribution is 0.0496. The maximum absolute atomic E-state index is 10.9. The topological polar surface area (TPSA) is 55.8 Å². The van der Waals surface area contributed by atoms with Gasteiger partial charge in [0.05, 0.1) is 16.6 Å². The van der Waals surface area contributed by atoms with Gasteiger partial charge in [0.15, 0.2) is 0 Å². The first-order valence-electron chi connectivity index (χ1n) is 5.90. The van der Waals surface area contributed by atoms with E-state index in [1.54, 1.807) is 18.2 Å². The Labute approximate surface area is 114 Å². The molecule has 1 fully saturated rings. The Morgan fingerprint density at radius 1 is 1.44 bits per heavy atom. The van der Waals surface area contributed by atoms with Crippen LogP contribution in [-0.2, 0) is 4.74 Å². The summed E-state index contributed by atoms with van der Waals surface area (Å²) in [6.45, 7) is 2.17. The zero-order valence-corrected chi connectivity index (χ0v) is 11.5. The van der Waals surface area contributed by atoms with Crippen LogP contribution in [0, 0.1) is 5.92 Å². The molecule has 0 aromatic heterocycles. The number of ether oxygens (including phenoxy) is 2. The Balaban J connectivity index is 1.99. The van der Waals surface area contributed by atoms with Gasteiger partial charge in [-0.1, -0.05) is 0 Å². The fraction of sp³-hybridized carbons (Fsp3) is 0.462. The molecule has 0 radical (unpaired) electrons. The lowest BCUT2D eigenvalue weighted by Crippen LogP contribution is -2.21. The van der Waals surface area contributed by atoms with Gasteiger partial charge < -0.3 is 14.6 Å². The number of carbonyl (C=O) groups is 1. The van der Waals surface area contributed by atoms with E-state index in [-0.39, 0.29) is 5.56 Å². The third kappa shape index (κ3) is 3.46. The minimum atomic E-state index is -0.946. The number of carboxylic acid groups (broad SMARTS) is 1. The van der Waals surface area contributed by atoms with E-state index in [0.717, 1.165) is 30.5 Å². The van der Waals surface area contributed by atoms with Crippen molar-refractivity contribution in [2.24, 2.45) is 5.92 Å². The molecule has 1 aliphatic heterocycles. The van der Waals surface area contributed by atoms with Gasteiger partial charge in [0, 0.05) is 13.2 Å². The van der Waals surface area contributed by atoms with Crippen molar-refractivity contribution in [3.63, 3.8) is 0 Å². The minimum Gasteiger partial charge on any atom is -0.492 e. The summed E-state index contributed by atoms with van der Waals surface area (Å²) in [6.07, 6.45) is 1.99. The molecule has 1 N–H and O–H groups in total. The number of halogens is 1. The lowest BCUT2D eigenvalue weighted by atomic mass is 10.0. The van der Waals surface area contributed by atoms with Gasteiger partial charge in [0.25, 0.3) is 0 Å². The Hall–Kier alpha value is -1.07. The second kappa shape index (κ2) is 6.20. The van der Waals surface area contributed by atoms with Crippen LogP contribution in [0.1, 0.15) is 23.2 Å². The Kier molecular flexibility index (Phi) is 4.60. The van der Waals surface area contributed by atoms with Crippen LogP contribution in [0.15, 0.2) is 22.7 Å². The summed E-state index contributed by atoms with van der Waals surface area (Å²) >= 11 is 3.36. The van der Waals surface area contributed by atoms with Gasteiger partial charge in [-0.05, 0) is 52.9 Å². The molecule has 1 aliphatic rings. The Bertz CT molecular complexity index is 427. The SMILES string of the molecule is O=C(O)c1ccc(Br)c(OCC2CCOCC2)c1. The van der Waals surface area contributed by atoms with Crippen LogP contribution in [-0.4, -0.2) is 30.9 Å². The molecule has 18 heavy (non-hydrogen) atoms. The lowest BCUT2D eigenvalue weighted by Gasteiger charge is -2.22. The van der Waals surface area contributed by atoms with Crippen LogP contribution >= 0.6 is 15.9 Å². The first-order chi connectivity index (χ1) is 8.66. The first kappa shape index (κ1) is 13.4. The molecule has 1 heterocycles. The Morgan fingerprint density at radius 2 is 2.17 bits per heavy atom. The first-order valence-corrected chi connectivity index (χ1v) is 6.69. The highest BCUT2D eigenvalue weighted by Gasteiger charge is 2.15. The molecule has 4 nitrogen and oxygen atoms in total. The van der Waals surface area contributed by atoms with E-state index < -0.39 is 5.97 Å². The zero-order chi connectivity index (χ0) is 13.0. The summed E-state index contributed by atoms with van der Waals surface area (Å²) in [6, 6.07) is 4.79. The van der Waals surface area contributed by atoms with Gasteiger partial charge >= 0.3 is 5.97 Å². The van der Waals surface area contributed by atoms with Crippen LogP contribution in [0.3, 0.4) is 0 Å². The molecule has 0 spiro atoms. The normalized spacial score (nSPS) is 16.5. The predicted octanol–water partition coefficient (Wildman–Crippen LogP) is 2.95. The standard InChI is InChI=1S/C13H15BrO4/c14-11-2-1-10(13(15)16)7-12(11)18-8-9-3-5-17-6-4-9/h1-2,7,9H,3-6,8H2,(H,15,16). The van der Waals surface area contributed by atoms with Gasteiger partial charge in [-0.2, -0.15) is 0 Å². The second-order valence-corrected chi connectivity index (χ2v) is 5.17. The molecule has 98 valence electrons. The average molecular weight is 315 g/mol. The summed E-state index contributed by atoms with van der Waals surface area (Å²) in [7, 11) is 0.